The quantitative estimate of drug-likeness (QED) is 0.498. The lowest BCUT2D eigenvalue weighted by molar-refractivity contribution is -0.122. The minimum absolute atomic E-state index is 0.0764. The Morgan fingerprint density at radius 3 is 2.19 bits per heavy atom. The highest BCUT2D eigenvalue weighted by atomic mass is 32.2. The summed E-state index contributed by atoms with van der Waals surface area (Å²) in [4.78, 5) is 12.6. The summed E-state index contributed by atoms with van der Waals surface area (Å²) < 4.78 is 38.6. The van der Waals surface area contributed by atoms with Gasteiger partial charge in [-0.3, -0.25) is 9.52 Å². The molecule has 0 aliphatic carbocycles. The van der Waals surface area contributed by atoms with Crippen LogP contribution in [0.1, 0.15) is 19.4 Å². The number of hydrogen-bond donors (Lipinski definition) is 2. The largest absolute Gasteiger partial charge is 0.497 e. The number of para-hydroxylation sites is 1. The molecule has 0 aliphatic heterocycles. The summed E-state index contributed by atoms with van der Waals surface area (Å²) in [6, 6.07) is 20.1. The van der Waals surface area contributed by atoms with Crippen LogP contribution >= 0.6 is 0 Å². The maximum absolute atomic E-state index is 12.6. The molecule has 0 saturated heterocycles. The third kappa shape index (κ3) is 5.79. The van der Waals surface area contributed by atoms with Crippen LogP contribution < -0.4 is 19.5 Å². The topological polar surface area (TPSA) is 93.7 Å². The van der Waals surface area contributed by atoms with Gasteiger partial charge in [0, 0.05) is 11.4 Å². The summed E-state index contributed by atoms with van der Waals surface area (Å²) in [5, 5.41) is 2.75. The number of anilines is 2. The Kier molecular flexibility index (Phi) is 7.37. The summed E-state index contributed by atoms with van der Waals surface area (Å²) in [6.45, 7) is 3.69. The normalized spacial score (nSPS) is 12.0. The number of methoxy groups -OCH3 is 1. The van der Waals surface area contributed by atoms with Gasteiger partial charge in [-0.1, -0.05) is 25.1 Å². The van der Waals surface area contributed by atoms with Gasteiger partial charge in [0.05, 0.1) is 12.0 Å². The molecule has 1 amide bonds. The van der Waals surface area contributed by atoms with Crippen LogP contribution in [0.4, 0.5) is 11.4 Å². The second kappa shape index (κ2) is 10.2. The van der Waals surface area contributed by atoms with Gasteiger partial charge in [0.25, 0.3) is 15.9 Å². The molecule has 0 fully saturated rings. The third-order valence-electron chi connectivity index (χ3n) is 4.80. The van der Waals surface area contributed by atoms with E-state index in [2.05, 4.69) is 10.0 Å². The monoisotopic (exact) mass is 454 g/mol. The first-order valence-corrected chi connectivity index (χ1v) is 11.6. The summed E-state index contributed by atoms with van der Waals surface area (Å²) in [5.41, 5.74) is 1.91. The second-order valence-electron chi connectivity index (χ2n) is 7.07. The zero-order valence-corrected chi connectivity index (χ0v) is 19.0. The molecule has 0 bridgehead atoms. The summed E-state index contributed by atoms with van der Waals surface area (Å²) in [6.07, 6.45) is 0.0771. The van der Waals surface area contributed by atoms with Gasteiger partial charge in [-0.2, -0.15) is 0 Å². The Labute approximate surface area is 188 Å². The van der Waals surface area contributed by atoms with Crippen LogP contribution in [0.3, 0.4) is 0 Å². The van der Waals surface area contributed by atoms with Crippen LogP contribution in [-0.2, 0) is 21.2 Å². The average molecular weight is 455 g/mol. The molecule has 0 aromatic heterocycles. The Hall–Kier alpha value is -3.52. The summed E-state index contributed by atoms with van der Waals surface area (Å²) in [7, 11) is -2.23. The van der Waals surface area contributed by atoms with Crippen LogP contribution in [0.15, 0.2) is 77.7 Å². The summed E-state index contributed by atoms with van der Waals surface area (Å²) in [5.74, 6) is 0.969. The predicted molar refractivity (Wildman–Crippen MR) is 125 cm³/mol. The van der Waals surface area contributed by atoms with Crippen molar-refractivity contribution in [1.82, 2.24) is 0 Å². The molecule has 8 heteroatoms. The van der Waals surface area contributed by atoms with Crippen molar-refractivity contribution in [3.63, 3.8) is 0 Å². The Morgan fingerprint density at radius 1 is 0.938 bits per heavy atom. The first-order chi connectivity index (χ1) is 15.3. The van der Waals surface area contributed by atoms with Crippen molar-refractivity contribution in [1.29, 1.82) is 0 Å². The molecule has 0 aliphatic rings. The first kappa shape index (κ1) is 23.1. The molecular formula is C24H26N2O5S. The van der Waals surface area contributed by atoms with E-state index in [1.165, 1.54) is 31.4 Å². The molecule has 7 nitrogen and oxygen atoms in total. The average Bonchev–Trinajstić information content (AvgIpc) is 2.80. The van der Waals surface area contributed by atoms with Gasteiger partial charge in [-0.15, -0.1) is 0 Å². The van der Waals surface area contributed by atoms with Crippen molar-refractivity contribution in [2.24, 2.45) is 0 Å². The number of ether oxygens (including phenoxy) is 2. The van der Waals surface area contributed by atoms with E-state index < -0.39 is 16.1 Å². The zero-order valence-electron chi connectivity index (χ0n) is 18.2. The number of sulfonamides is 1. The molecule has 2 N–H and O–H groups in total. The van der Waals surface area contributed by atoms with Crippen molar-refractivity contribution < 1.29 is 22.7 Å². The number of hydrogen-bond acceptors (Lipinski definition) is 5. The minimum Gasteiger partial charge on any atom is -0.497 e. The molecule has 0 unspecified atom stereocenters. The van der Waals surface area contributed by atoms with Crippen LogP contribution in [-0.4, -0.2) is 27.5 Å². The Bertz CT molecular complexity index is 1160. The smallest absolute Gasteiger partial charge is 0.265 e. The van der Waals surface area contributed by atoms with Gasteiger partial charge >= 0.3 is 0 Å². The number of nitrogens with one attached hydrogen (secondary N) is 2. The first-order valence-electron chi connectivity index (χ1n) is 10.1. The molecule has 1 atom stereocenters. The highest BCUT2D eigenvalue weighted by Gasteiger charge is 2.18. The molecule has 0 spiro atoms. The fraction of sp³-hybridized carbons (Fsp3) is 0.208. The summed E-state index contributed by atoms with van der Waals surface area (Å²) >= 11 is 0. The van der Waals surface area contributed by atoms with Crippen molar-refractivity contribution in [3.05, 3.63) is 78.4 Å². The van der Waals surface area contributed by atoms with Crippen molar-refractivity contribution in [3.8, 4) is 11.5 Å². The van der Waals surface area contributed by atoms with Crippen molar-refractivity contribution in [2.45, 2.75) is 31.3 Å². The van der Waals surface area contributed by atoms with E-state index in [0.717, 1.165) is 12.0 Å². The van der Waals surface area contributed by atoms with E-state index in [0.29, 0.717) is 22.9 Å². The molecular weight excluding hydrogens is 428 g/mol. The predicted octanol–water partition coefficient (Wildman–Crippen LogP) is 4.46. The number of aryl methyl sites for hydroxylation is 1. The standard InChI is InChI=1S/C24H26N2O5S/c1-4-18-7-5-6-8-23(18)31-17(2)24(27)25-19-11-15-22(16-12-19)32(28,29)26-20-9-13-21(30-3)14-10-20/h5-17,26H,4H2,1-3H3,(H,25,27)/t17-/m1/s1. The zero-order chi connectivity index (χ0) is 23.1. The van der Waals surface area contributed by atoms with Gasteiger partial charge in [-0.25, -0.2) is 8.42 Å². The van der Waals surface area contributed by atoms with E-state index in [1.54, 1.807) is 31.2 Å². The van der Waals surface area contributed by atoms with E-state index in [4.69, 9.17) is 9.47 Å². The van der Waals surface area contributed by atoms with Gasteiger partial charge < -0.3 is 14.8 Å². The number of carbonyl (C=O) groups is 1. The van der Waals surface area contributed by atoms with Crippen LogP contribution in [0.25, 0.3) is 0 Å². The SMILES string of the molecule is CCc1ccccc1O[C@H](C)C(=O)Nc1ccc(S(=O)(=O)Nc2ccc(OC)cc2)cc1. The third-order valence-corrected chi connectivity index (χ3v) is 6.20. The number of amides is 1. The van der Waals surface area contributed by atoms with Crippen LogP contribution in [0.5, 0.6) is 11.5 Å². The Balaban J connectivity index is 1.63. The lowest BCUT2D eigenvalue weighted by atomic mass is 10.1. The molecule has 168 valence electrons. The lowest BCUT2D eigenvalue weighted by Gasteiger charge is -2.17. The highest BCUT2D eigenvalue weighted by molar-refractivity contribution is 7.92. The number of benzene rings is 3. The van der Waals surface area contributed by atoms with Crippen molar-refractivity contribution in [2.75, 3.05) is 17.1 Å². The van der Waals surface area contributed by atoms with Crippen LogP contribution in [0.2, 0.25) is 0 Å². The molecule has 3 aromatic carbocycles. The van der Waals surface area contributed by atoms with Gasteiger partial charge in [0.2, 0.25) is 0 Å². The van der Waals surface area contributed by atoms with Crippen molar-refractivity contribution >= 4 is 27.3 Å². The molecule has 0 heterocycles. The fourth-order valence-electron chi connectivity index (χ4n) is 2.99. The second-order valence-corrected chi connectivity index (χ2v) is 8.75. The minimum atomic E-state index is -3.77. The van der Waals surface area contributed by atoms with E-state index in [1.807, 2.05) is 31.2 Å². The molecule has 0 saturated carbocycles. The molecule has 3 aromatic rings. The van der Waals surface area contributed by atoms with E-state index in [9.17, 15) is 13.2 Å². The lowest BCUT2D eigenvalue weighted by Crippen LogP contribution is -2.30. The van der Waals surface area contributed by atoms with Gasteiger partial charge in [0.15, 0.2) is 6.10 Å². The van der Waals surface area contributed by atoms with Crippen LogP contribution in [0, 0.1) is 0 Å². The molecule has 3 rings (SSSR count). The maximum Gasteiger partial charge on any atom is 0.265 e. The van der Waals surface area contributed by atoms with Gasteiger partial charge in [-0.05, 0) is 73.5 Å². The molecule has 0 radical (unpaired) electrons. The van der Waals surface area contributed by atoms with E-state index >= 15 is 0 Å². The fourth-order valence-corrected chi connectivity index (χ4v) is 4.05. The molecule has 32 heavy (non-hydrogen) atoms. The van der Waals surface area contributed by atoms with E-state index in [-0.39, 0.29) is 10.8 Å². The van der Waals surface area contributed by atoms with Gasteiger partial charge in [0.1, 0.15) is 11.5 Å². The maximum atomic E-state index is 12.6. The number of rotatable bonds is 9. The highest BCUT2D eigenvalue weighted by Crippen LogP contribution is 2.22. The Morgan fingerprint density at radius 2 is 1.56 bits per heavy atom. The number of carbonyl (C=O) groups excluding carboxylic acids is 1.